The van der Waals surface area contributed by atoms with Crippen LogP contribution in [0.1, 0.15) is 15.9 Å². The Kier molecular flexibility index (Phi) is 3.97. The number of carbonyl (C=O) groups is 1. The number of rotatable bonds is 2. The van der Waals surface area contributed by atoms with Crippen molar-refractivity contribution in [2.75, 3.05) is 5.32 Å². The fraction of sp³-hybridized carbons (Fsp3) is 0.0667. The number of fused-ring (bicyclic) bond motifs is 1. The maximum Gasteiger partial charge on any atom is 0.257 e. The highest BCUT2D eigenvalue weighted by molar-refractivity contribution is 9.10. The average molecular weight is 382 g/mol. The minimum Gasteiger partial charge on any atom is -0.298 e. The third-order valence-corrected chi connectivity index (χ3v) is 4.98. The van der Waals surface area contributed by atoms with Gasteiger partial charge in [0.2, 0.25) is 0 Å². The third-order valence-electron chi connectivity index (χ3n) is 3.02. The summed E-state index contributed by atoms with van der Waals surface area (Å²) in [7, 11) is 0. The van der Waals surface area contributed by atoms with Crippen molar-refractivity contribution < 1.29 is 4.79 Å². The zero-order valence-corrected chi connectivity index (χ0v) is 14.1. The molecule has 1 amide bonds. The second-order valence-corrected chi connectivity index (χ2v) is 6.84. The first kappa shape index (κ1) is 14.5. The van der Waals surface area contributed by atoms with Crippen LogP contribution in [0.25, 0.3) is 10.2 Å². The Labute approximate surface area is 139 Å². The monoisotopic (exact) mass is 380 g/mol. The van der Waals surface area contributed by atoms with Gasteiger partial charge in [0.05, 0.1) is 15.2 Å². The molecular weight excluding hydrogens is 372 g/mol. The van der Waals surface area contributed by atoms with Crippen LogP contribution >= 0.6 is 38.9 Å². The van der Waals surface area contributed by atoms with Crippen molar-refractivity contribution >= 4 is 60.1 Å². The molecule has 0 bridgehead atoms. The number of aryl methyl sites for hydroxylation is 1. The zero-order valence-electron chi connectivity index (χ0n) is 11.0. The predicted octanol–water partition coefficient (Wildman–Crippen LogP) is 5.27. The lowest BCUT2D eigenvalue weighted by atomic mass is 10.2. The van der Waals surface area contributed by atoms with Gasteiger partial charge in [-0.25, -0.2) is 4.98 Å². The summed E-state index contributed by atoms with van der Waals surface area (Å²) in [4.78, 5) is 16.6. The van der Waals surface area contributed by atoms with E-state index < -0.39 is 0 Å². The number of hydrogen-bond acceptors (Lipinski definition) is 3. The van der Waals surface area contributed by atoms with Crippen molar-refractivity contribution in [3.8, 4) is 0 Å². The normalized spacial score (nSPS) is 10.8. The number of anilines is 1. The van der Waals surface area contributed by atoms with E-state index in [-0.39, 0.29) is 5.91 Å². The van der Waals surface area contributed by atoms with Crippen molar-refractivity contribution in [3.63, 3.8) is 0 Å². The standard InChI is InChI=1S/C15H10BrClN2OS/c1-8-2-7-11(17)13-12(8)18-15(21-13)19-14(20)9-3-5-10(16)6-4-9/h2-7H,1H3,(H,18,19,20). The number of nitrogens with one attached hydrogen (secondary N) is 1. The molecule has 1 aromatic heterocycles. The molecule has 0 aliphatic carbocycles. The third kappa shape index (κ3) is 2.95. The molecule has 106 valence electrons. The Morgan fingerprint density at radius 1 is 1.24 bits per heavy atom. The molecule has 0 saturated heterocycles. The van der Waals surface area contributed by atoms with Crippen molar-refractivity contribution in [1.82, 2.24) is 4.98 Å². The fourth-order valence-corrected chi connectivity index (χ4v) is 3.40. The molecule has 2 aromatic carbocycles. The lowest BCUT2D eigenvalue weighted by Gasteiger charge is -2.01. The number of carbonyl (C=O) groups excluding carboxylic acids is 1. The zero-order chi connectivity index (χ0) is 15.0. The summed E-state index contributed by atoms with van der Waals surface area (Å²) in [5.41, 5.74) is 2.45. The molecule has 3 aromatic rings. The van der Waals surface area contributed by atoms with Gasteiger partial charge in [0.1, 0.15) is 0 Å². The molecule has 1 heterocycles. The maximum absolute atomic E-state index is 12.2. The van der Waals surface area contributed by atoms with Gasteiger partial charge < -0.3 is 0 Å². The predicted molar refractivity (Wildman–Crippen MR) is 91.5 cm³/mol. The van der Waals surface area contributed by atoms with Gasteiger partial charge in [-0.15, -0.1) is 0 Å². The maximum atomic E-state index is 12.2. The molecular formula is C15H10BrClN2OS. The van der Waals surface area contributed by atoms with Gasteiger partial charge >= 0.3 is 0 Å². The van der Waals surface area contributed by atoms with Gasteiger partial charge in [0, 0.05) is 10.0 Å². The molecule has 0 atom stereocenters. The second kappa shape index (κ2) is 5.75. The summed E-state index contributed by atoms with van der Waals surface area (Å²) in [6.07, 6.45) is 0. The van der Waals surface area contributed by atoms with E-state index in [1.807, 2.05) is 31.2 Å². The van der Waals surface area contributed by atoms with Crippen LogP contribution in [-0.2, 0) is 0 Å². The van der Waals surface area contributed by atoms with Gasteiger partial charge in [-0.2, -0.15) is 0 Å². The topological polar surface area (TPSA) is 42.0 Å². The van der Waals surface area contributed by atoms with Crippen LogP contribution in [-0.4, -0.2) is 10.9 Å². The van der Waals surface area contributed by atoms with Crippen molar-refractivity contribution in [1.29, 1.82) is 0 Å². The number of halogens is 2. The quantitative estimate of drug-likeness (QED) is 0.657. The summed E-state index contributed by atoms with van der Waals surface area (Å²) in [6.45, 7) is 1.97. The van der Waals surface area contributed by atoms with Crippen molar-refractivity contribution in [3.05, 3.63) is 57.0 Å². The fourth-order valence-electron chi connectivity index (χ4n) is 1.93. The van der Waals surface area contributed by atoms with Gasteiger partial charge in [-0.05, 0) is 42.8 Å². The largest absolute Gasteiger partial charge is 0.298 e. The van der Waals surface area contributed by atoms with E-state index in [0.29, 0.717) is 15.7 Å². The highest BCUT2D eigenvalue weighted by Crippen LogP contribution is 2.34. The number of benzene rings is 2. The van der Waals surface area contributed by atoms with Crippen LogP contribution in [0, 0.1) is 6.92 Å². The SMILES string of the molecule is Cc1ccc(Cl)c2sc(NC(=O)c3ccc(Br)cc3)nc12. The van der Waals surface area contributed by atoms with Gasteiger partial charge in [0.25, 0.3) is 5.91 Å². The minimum atomic E-state index is -0.185. The van der Waals surface area contributed by atoms with E-state index in [2.05, 4.69) is 26.2 Å². The molecule has 0 saturated carbocycles. The van der Waals surface area contributed by atoms with E-state index in [4.69, 9.17) is 11.6 Å². The van der Waals surface area contributed by atoms with Gasteiger partial charge in [-0.3, -0.25) is 10.1 Å². The smallest absolute Gasteiger partial charge is 0.257 e. The second-order valence-electron chi connectivity index (χ2n) is 4.52. The lowest BCUT2D eigenvalue weighted by Crippen LogP contribution is -2.11. The van der Waals surface area contributed by atoms with E-state index in [1.165, 1.54) is 11.3 Å². The van der Waals surface area contributed by atoms with Crippen molar-refractivity contribution in [2.45, 2.75) is 6.92 Å². The Balaban J connectivity index is 1.91. The molecule has 0 aliphatic heterocycles. The molecule has 21 heavy (non-hydrogen) atoms. The van der Waals surface area contributed by atoms with E-state index in [1.54, 1.807) is 12.1 Å². The van der Waals surface area contributed by atoms with Crippen LogP contribution in [0.2, 0.25) is 5.02 Å². The highest BCUT2D eigenvalue weighted by atomic mass is 79.9. The average Bonchev–Trinajstić information content (AvgIpc) is 2.89. The van der Waals surface area contributed by atoms with Crippen LogP contribution in [0.5, 0.6) is 0 Å². The Morgan fingerprint density at radius 3 is 2.62 bits per heavy atom. The molecule has 1 N–H and O–H groups in total. The Hall–Kier alpha value is -1.43. The van der Waals surface area contributed by atoms with Crippen LogP contribution in [0.3, 0.4) is 0 Å². The van der Waals surface area contributed by atoms with E-state index in [0.717, 1.165) is 20.3 Å². The van der Waals surface area contributed by atoms with Gasteiger partial charge in [0.15, 0.2) is 5.13 Å². The molecule has 6 heteroatoms. The summed E-state index contributed by atoms with van der Waals surface area (Å²) in [6, 6.07) is 10.9. The van der Waals surface area contributed by atoms with Gasteiger partial charge in [-0.1, -0.05) is 44.9 Å². The summed E-state index contributed by atoms with van der Waals surface area (Å²) >= 11 is 10.9. The first-order chi connectivity index (χ1) is 10.0. The number of aromatic nitrogens is 1. The van der Waals surface area contributed by atoms with E-state index in [9.17, 15) is 4.79 Å². The molecule has 0 spiro atoms. The number of hydrogen-bond donors (Lipinski definition) is 1. The molecule has 3 rings (SSSR count). The number of amides is 1. The summed E-state index contributed by atoms with van der Waals surface area (Å²) < 4.78 is 1.82. The first-order valence-corrected chi connectivity index (χ1v) is 8.16. The lowest BCUT2D eigenvalue weighted by molar-refractivity contribution is 0.102. The molecule has 3 nitrogen and oxygen atoms in total. The van der Waals surface area contributed by atoms with Crippen molar-refractivity contribution in [2.24, 2.45) is 0 Å². The van der Waals surface area contributed by atoms with Crippen LogP contribution < -0.4 is 5.32 Å². The van der Waals surface area contributed by atoms with Crippen LogP contribution in [0.4, 0.5) is 5.13 Å². The molecule has 0 unspecified atom stereocenters. The molecule has 0 fully saturated rings. The number of nitrogens with zero attached hydrogens (tertiary/aromatic N) is 1. The van der Waals surface area contributed by atoms with E-state index >= 15 is 0 Å². The molecule has 0 radical (unpaired) electrons. The Morgan fingerprint density at radius 2 is 1.95 bits per heavy atom. The Bertz CT molecular complexity index is 791. The number of thiazole rings is 1. The first-order valence-electron chi connectivity index (χ1n) is 6.17. The highest BCUT2D eigenvalue weighted by Gasteiger charge is 2.12. The minimum absolute atomic E-state index is 0.185. The molecule has 0 aliphatic rings. The summed E-state index contributed by atoms with van der Waals surface area (Å²) in [5.74, 6) is -0.185. The van der Waals surface area contributed by atoms with Crippen LogP contribution in [0.15, 0.2) is 40.9 Å². The summed E-state index contributed by atoms with van der Waals surface area (Å²) in [5, 5.41) is 4.02.